The molecule has 6 nitrogen and oxygen atoms in total. The third kappa shape index (κ3) is 3.49. The van der Waals surface area contributed by atoms with Crippen LogP contribution in [0.2, 0.25) is 0 Å². The molecule has 0 unspecified atom stereocenters. The van der Waals surface area contributed by atoms with Crippen LogP contribution in [0.3, 0.4) is 0 Å². The largest absolute Gasteiger partial charge is 0.368 e. The molecule has 0 aromatic heterocycles. The van der Waals surface area contributed by atoms with Crippen molar-refractivity contribution in [1.29, 1.82) is 5.26 Å². The molecule has 1 aromatic rings. The SMILES string of the molecule is Cc1cc(C#N)ccc1N(CC(N)=O)CC(N)=O. The van der Waals surface area contributed by atoms with E-state index in [4.69, 9.17) is 16.7 Å². The van der Waals surface area contributed by atoms with Gasteiger partial charge in [-0.25, -0.2) is 0 Å². The maximum atomic E-state index is 11.0. The molecule has 4 N–H and O–H groups in total. The summed E-state index contributed by atoms with van der Waals surface area (Å²) in [5.41, 5.74) is 12.2. The zero-order chi connectivity index (χ0) is 13.7. The number of primary amides is 2. The van der Waals surface area contributed by atoms with Crippen LogP contribution in [0.25, 0.3) is 0 Å². The Labute approximate surface area is 105 Å². The smallest absolute Gasteiger partial charge is 0.236 e. The lowest BCUT2D eigenvalue weighted by atomic mass is 10.1. The molecular formula is C12H14N4O2. The summed E-state index contributed by atoms with van der Waals surface area (Å²) in [5, 5.41) is 8.77. The number of carbonyl (C=O) groups excluding carboxylic acids is 2. The van der Waals surface area contributed by atoms with Crippen LogP contribution in [0.15, 0.2) is 18.2 Å². The second-order valence-corrected chi connectivity index (χ2v) is 3.90. The van der Waals surface area contributed by atoms with Gasteiger partial charge in [0, 0.05) is 5.69 Å². The fourth-order valence-electron chi connectivity index (χ4n) is 1.68. The number of amides is 2. The van der Waals surface area contributed by atoms with E-state index in [1.165, 1.54) is 4.90 Å². The summed E-state index contributed by atoms with van der Waals surface area (Å²) in [6, 6.07) is 6.96. The third-order valence-electron chi connectivity index (χ3n) is 2.36. The van der Waals surface area contributed by atoms with Crippen LogP contribution in [0, 0.1) is 18.3 Å². The zero-order valence-electron chi connectivity index (χ0n) is 10.0. The van der Waals surface area contributed by atoms with Crippen molar-refractivity contribution >= 4 is 17.5 Å². The summed E-state index contributed by atoms with van der Waals surface area (Å²) in [4.78, 5) is 23.4. The van der Waals surface area contributed by atoms with Crippen molar-refractivity contribution in [2.24, 2.45) is 11.5 Å². The molecule has 0 saturated heterocycles. The Balaban J connectivity index is 3.08. The zero-order valence-corrected chi connectivity index (χ0v) is 10.0. The predicted molar refractivity (Wildman–Crippen MR) is 66.5 cm³/mol. The lowest BCUT2D eigenvalue weighted by molar-refractivity contribution is -0.117. The number of hydrogen-bond acceptors (Lipinski definition) is 4. The number of nitrogens with two attached hydrogens (primary N) is 2. The van der Waals surface area contributed by atoms with Crippen LogP contribution < -0.4 is 16.4 Å². The van der Waals surface area contributed by atoms with Crippen LogP contribution in [-0.2, 0) is 9.59 Å². The number of anilines is 1. The van der Waals surface area contributed by atoms with E-state index >= 15 is 0 Å². The number of aryl methyl sites for hydroxylation is 1. The normalized spacial score (nSPS) is 9.56. The molecule has 0 radical (unpaired) electrons. The lowest BCUT2D eigenvalue weighted by Gasteiger charge is -2.23. The molecule has 1 rings (SSSR count). The van der Waals surface area contributed by atoms with E-state index < -0.39 is 11.8 Å². The topological polar surface area (TPSA) is 113 Å². The van der Waals surface area contributed by atoms with E-state index in [0.29, 0.717) is 11.3 Å². The number of carbonyl (C=O) groups is 2. The molecule has 0 saturated carbocycles. The van der Waals surface area contributed by atoms with Gasteiger partial charge in [0.25, 0.3) is 0 Å². The Morgan fingerprint density at radius 2 is 1.83 bits per heavy atom. The first-order chi connectivity index (χ1) is 8.43. The van der Waals surface area contributed by atoms with E-state index in [9.17, 15) is 9.59 Å². The standard InChI is InChI=1S/C12H14N4O2/c1-8-4-9(5-13)2-3-10(8)16(6-11(14)17)7-12(15)18/h2-4H,6-7H2,1H3,(H2,14,17)(H2,15,18). The molecule has 0 aliphatic carbocycles. The Bertz CT molecular complexity index is 503. The van der Waals surface area contributed by atoms with Crippen LogP contribution in [-0.4, -0.2) is 24.9 Å². The van der Waals surface area contributed by atoms with Crippen molar-refractivity contribution in [2.45, 2.75) is 6.92 Å². The second kappa shape index (κ2) is 5.68. The van der Waals surface area contributed by atoms with Crippen molar-refractivity contribution in [3.05, 3.63) is 29.3 Å². The minimum atomic E-state index is -0.556. The molecule has 0 fully saturated rings. The number of benzene rings is 1. The molecule has 0 bridgehead atoms. The first kappa shape index (κ1) is 13.5. The van der Waals surface area contributed by atoms with Crippen molar-refractivity contribution in [3.8, 4) is 6.07 Å². The summed E-state index contributed by atoms with van der Waals surface area (Å²) < 4.78 is 0. The first-order valence-corrected chi connectivity index (χ1v) is 5.26. The Morgan fingerprint density at radius 3 is 2.22 bits per heavy atom. The molecule has 0 atom stereocenters. The van der Waals surface area contributed by atoms with Crippen molar-refractivity contribution < 1.29 is 9.59 Å². The number of hydrogen-bond donors (Lipinski definition) is 2. The summed E-state index contributed by atoms with van der Waals surface area (Å²) in [6.07, 6.45) is 0. The van der Waals surface area contributed by atoms with Gasteiger partial charge in [-0.3, -0.25) is 9.59 Å². The molecule has 1 aromatic carbocycles. The molecule has 0 aliphatic heterocycles. The number of rotatable bonds is 5. The molecule has 0 heterocycles. The van der Waals surface area contributed by atoms with Gasteiger partial charge in [0.2, 0.25) is 11.8 Å². The van der Waals surface area contributed by atoms with Gasteiger partial charge in [0.05, 0.1) is 24.7 Å². The lowest BCUT2D eigenvalue weighted by Crippen LogP contribution is -2.40. The fourth-order valence-corrected chi connectivity index (χ4v) is 1.68. The van der Waals surface area contributed by atoms with Crippen molar-refractivity contribution in [3.63, 3.8) is 0 Å². The highest BCUT2D eigenvalue weighted by molar-refractivity contribution is 5.85. The van der Waals surface area contributed by atoms with E-state index in [0.717, 1.165) is 5.56 Å². The van der Waals surface area contributed by atoms with E-state index in [1.54, 1.807) is 25.1 Å². The fraction of sp³-hybridized carbons (Fsp3) is 0.250. The van der Waals surface area contributed by atoms with Gasteiger partial charge >= 0.3 is 0 Å². The van der Waals surface area contributed by atoms with E-state index in [2.05, 4.69) is 0 Å². The molecule has 0 spiro atoms. The summed E-state index contributed by atoms with van der Waals surface area (Å²) in [7, 11) is 0. The average molecular weight is 246 g/mol. The molecule has 94 valence electrons. The van der Waals surface area contributed by atoms with Gasteiger partial charge in [-0.2, -0.15) is 5.26 Å². The van der Waals surface area contributed by atoms with Crippen LogP contribution in [0.1, 0.15) is 11.1 Å². The summed E-state index contributed by atoms with van der Waals surface area (Å²) in [6.45, 7) is 1.58. The van der Waals surface area contributed by atoms with Gasteiger partial charge < -0.3 is 16.4 Å². The molecule has 18 heavy (non-hydrogen) atoms. The maximum absolute atomic E-state index is 11.0. The highest BCUT2D eigenvalue weighted by atomic mass is 16.2. The first-order valence-electron chi connectivity index (χ1n) is 5.26. The molecule has 6 heteroatoms. The van der Waals surface area contributed by atoms with Crippen molar-refractivity contribution in [1.82, 2.24) is 0 Å². The Hall–Kier alpha value is -2.55. The third-order valence-corrected chi connectivity index (χ3v) is 2.36. The van der Waals surface area contributed by atoms with Gasteiger partial charge in [-0.15, -0.1) is 0 Å². The van der Waals surface area contributed by atoms with Gasteiger partial charge in [-0.1, -0.05) is 0 Å². The van der Waals surface area contributed by atoms with Crippen molar-refractivity contribution in [2.75, 3.05) is 18.0 Å². The summed E-state index contributed by atoms with van der Waals surface area (Å²) >= 11 is 0. The minimum Gasteiger partial charge on any atom is -0.368 e. The van der Waals surface area contributed by atoms with Crippen LogP contribution in [0.5, 0.6) is 0 Å². The number of nitriles is 1. The van der Waals surface area contributed by atoms with Gasteiger partial charge in [0.15, 0.2) is 0 Å². The van der Waals surface area contributed by atoms with Gasteiger partial charge in [0.1, 0.15) is 0 Å². The predicted octanol–water partition coefficient (Wildman–Crippen LogP) is -0.356. The van der Waals surface area contributed by atoms with E-state index in [-0.39, 0.29) is 13.1 Å². The van der Waals surface area contributed by atoms with Crippen LogP contribution in [0.4, 0.5) is 5.69 Å². The monoisotopic (exact) mass is 246 g/mol. The maximum Gasteiger partial charge on any atom is 0.236 e. The quantitative estimate of drug-likeness (QED) is 0.738. The molecule has 2 amide bonds. The Morgan fingerprint density at radius 1 is 1.28 bits per heavy atom. The summed E-state index contributed by atoms with van der Waals surface area (Å²) in [5.74, 6) is -1.11. The average Bonchev–Trinajstić information content (AvgIpc) is 2.26. The minimum absolute atomic E-state index is 0.102. The molecular weight excluding hydrogens is 232 g/mol. The Kier molecular flexibility index (Phi) is 4.27. The van der Waals surface area contributed by atoms with Crippen LogP contribution >= 0.6 is 0 Å². The molecule has 0 aliphatic rings. The second-order valence-electron chi connectivity index (χ2n) is 3.90. The highest BCUT2D eigenvalue weighted by Gasteiger charge is 2.14. The van der Waals surface area contributed by atoms with E-state index in [1.807, 2.05) is 6.07 Å². The highest BCUT2D eigenvalue weighted by Crippen LogP contribution is 2.20. The van der Waals surface area contributed by atoms with Gasteiger partial charge in [-0.05, 0) is 30.7 Å². The number of nitrogens with zero attached hydrogens (tertiary/aromatic N) is 2.